The number of methoxy groups -OCH3 is 1. The third-order valence-electron chi connectivity index (χ3n) is 2.20. The fourth-order valence-corrected chi connectivity index (χ4v) is 1.21. The van der Waals surface area contributed by atoms with Gasteiger partial charge in [-0.15, -0.1) is 0 Å². The van der Waals surface area contributed by atoms with Crippen LogP contribution in [-0.4, -0.2) is 18.2 Å². The lowest BCUT2D eigenvalue weighted by Crippen LogP contribution is -2.14. The smallest absolute Gasteiger partial charge is 0.173 e. The first-order valence-electron chi connectivity index (χ1n) is 4.23. The number of benzene rings is 1. The molecule has 76 valence electrons. The predicted molar refractivity (Wildman–Crippen MR) is 55.0 cm³/mol. The highest BCUT2D eigenvalue weighted by Crippen LogP contribution is 2.22. The maximum absolute atomic E-state index is 8.58. The van der Waals surface area contributed by atoms with Gasteiger partial charge in [0, 0.05) is 0 Å². The first-order chi connectivity index (χ1) is 6.60. The molecule has 0 spiro atoms. The van der Waals surface area contributed by atoms with Gasteiger partial charge in [-0.05, 0) is 37.1 Å². The van der Waals surface area contributed by atoms with Gasteiger partial charge in [0.05, 0.1) is 12.7 Å². The van der Waals surface area contributed by atoms with Gasteiger partial charge in [0.1, 0.15) is 5.75 Å². The Balaban J connectivity index is 3.34. The molecule has 0 heterocycles. The Labute approximate surface area is 83.0 Å². The normalized spacial score (nSPS) is 11.5. The average Bonchev–Trinajstić information content (AvgIpc) is 2.20. The van der Waals surface area contributed by atoms with Gasteiger partial charge < -0.3 is 15.7 Å². The summed E-state index contributed by atoms with van der Waals surface area (Å²) in [5.41, 5.74) is 8.30. The predicted octanol–water partition coefficient (Wildman–Crippen LogP) is 1.41. The highest BCUT2D eigenvalue weighted by Gasteiger charge is 2.09. The molecule has 0 atom stereocenters. The summed E-state index contributed by atoms with van der Waals surface area (Å²) in [7, 11) is 1.55. The fraction of sp³-hybridized carbons (Fsp3) is 0.300. The number of hydrogen-bond acceptors (Lipinski definition) is 3. The second-order valence-electron chi connectivity index (χ2n) is 3.12. The molecule has 1 aromatic rings. The SMILES string of the molecule is COc1cc(C)c(C)cc1/C(N)=N/O. The zero-order valence-electron chi connectivity index (χ0n) is 8.53. The Morgan fingerprint density at radius 1 is 1.36 bits per heavy atom. The lowest BCUT2D eigenvalue weighted by atomic mass is 10.0. The molecule has 1 aromatic carbocycles. The number of oxime groups is 1. The van der Waals surface area contributed by atoms with Crippen molar-refractivity contribution in [2.24, 2.45) is 10.9 Å². The van der Waals surface area contributed by atoms with Crippen molar-refractivity contribution in [2.45, 2.75) is 13.8 Å². The van der Waals surface area contributed by atoms with Crippen molar-refractivity contribution < 1.29 is 9.94 Å². The van der Waals surface area contributed by atoms with E-state index in [1.54, 1.807) is 7.11 Å². The number of nitrogens with zero attached hydrogens (tertiary/aromatic N) is 1. The van der Waals surface area contributed by atoms with E-state index in [4.69, 9.17) is 15.7 Å². The molecule has 14 heavy (non-hydrogen) atoms. The topological polar surface area (TPSA) is 67.8 Å². The molecule has 3 N–H and O–H groups in total. The molecule has 1 rings (SSSR count). The fourth-order valence-electron chi connectivity index (χ4n) is 1.21. The van der Waals surface area contributed by atoms with Gasteiger partial charge in [0.25, 0.3) is 0 Å². The second kappa shape index (κ2) is 4.00. The van der Waals surface area contributed by atoms with E-state index in [0.717, 1.165) is 11.1 Å². The molecule has 0 saturated carbocycles. The van der Waals surface area contributed by atoms with Crippen molar-refractivity contribution in [3.05, 3.63) is 28.8 Å². The van der Waals surface area contributed by atoms with Crippen LogP contribution in [0.15, 0.2) is 17.3 Å². The molecule has 4 heteroatoms. The van der Waals surface area contributed by atoms with Crippen molar-refractivity contribution in [3.8, 4) is 5.75 Å². The van der Waals surface area contributed by atoms with Crippen molar-refractivity contribution in [3.63, 3.8) is 0 Å². The van der Waals surface area contributed by atoms with Crippen LogP contribution >= 0.6 is 0 Å². The van der Waals surface area contributed by atoms with E-state index in [1.165, 1.54) is 0 Å². The van der Waals surface area contributed by atoms with Crippen molar-refractivity contribution in [1.29, 1.82) is 0 Å². The average molecular weight is 194 g/mol. The summed E-state index contributed by atoms with van der Waals surface area (Å²) in [6, 6.07) is 3.70. The maximum atomic E-state index is 8.58. The minimum Gasteiger partial charge on any atom is -0.496 e. The lowest BCUT2D eigenvalue weighted by Gasteiger charge is -2.10. The Bertz CT molecular complexity index is 373. The van der Waals surface area contributed by atoms with Crippen molar-refractivity contribution >= 4 is 5.84 Å². The van der Waals surface area contributed by atoms with E-state index in [9.17, 15) is 0 Å². The van der Waals surface area contributed by atoms with E-state index in [0.29, 0.717) is 11.3 Å². The third-order valence-corrected chi connectivity index (χ3v) is 2.20. The van der Waals surface area contributed by atoms with Gasteiger partial charge in [-0.2, -0.15) is 0 Å². The lowest BCUT2D eigenvalue weighted by molar-refractivity contribution is 0.318. The van der Waals surface area contributed by atoms with E-state index in [-0.39, 0.29) is 5.84 Å². The van der Waals surface area contributed by atoms with Crippen LogP contribution in [0.3, 0.4) is 0 Å². The Hall–Kier alpha value is -1.71. The first-order valence-corrected chi connectivity index (χ1v) is 4.23. The van der Waals surface area contributed by atoms with Crippen LogP contribution in [0.4, 0.5) is 0 Å². The van der Waals surface area contributed by atoms with Crippen LogP contribution in [0, 0.1) is 13.8 Å². The zero-order valence-corrected chi connectivity index (χ0v) is 8.53. The molecular weight excluding hydrogens is 180 g/mol. The van der Waals surface area contributed by atoms with E-state index < -0.39 is 0 Å². The summed E-state index contributed by atoms with van der Waals surface area (Å²) < 4.78 is 5.13. The van der Waals surface area contributed by atoms with Crippen molar-refractivity contribution in [2.75, 3.05) is 7.11 Å². The highest BCUT2D eigenvalue weighted by molar-refractivity contribution is 5.99. The number of amidine groups is 1. The molecule has 0 bridgehead atoms. The summed E-state index contributed by atoms with van der Waals surface area (Å²) in [5.74, 6) is 0.674. The summed E-state index contributed by atoms with van der Waals surface area (Å²) in [4.78, 5) is 0. The Kier molecular flexibility index (Phi) is 2.96. The van der Waals surface area contributed by atoms with Gasteiger partial charge in [-0.3, -0.25) is 0 Å². The molecule has 0 saturated heterocycles. The Morgan fingerprint density at radius 2 is 1.93 bits per heavy atom. The molecular formula is C10H14N2O2. The van der Waals surface area contributed by atoms with Crippen LogP contribution < -0.4 is 10.5 Å². The Morgan fingerprint density at radius 3 is 2.43 bits per heavy atom. The number of nitrogens with two attached hydrogens (primary N) is 1. The van der Waals surface area contributed by atoms with E-state index in [1.807, 2.05) is 26.0 Å². The maximum Gasteiger partial charge on any atom is 0.173 e. The van der Waals surface area contributed by atoms with Crippen LogP contribution in [0.5, 0.6) is 5.75 Å². The molecule has 0 radical (unpaired) electrons. The van der Waals surface area contributed by atoms with Crippen LogP contribution in [0.1, 0.15) is 16.7 Å². The third kappa shape index (κ3) is 1.79. The molecule has 0 fully saturated rings. The van der Waals surface area contributed by atoms with Gasteiger partial charge >= 0.3 is 0 Å². The molecule has 0 unspecified atom stereocenters. The number of hydrogen-bond donors (Lipinski definition) is 2. The molecule has 0 aliphatic heterocycles. The largest absolute Gasteiger partial charge is 0.496 e. The quantitative estimate of drug-likeness (QED) is 0.323. The van der Waals surface area contributed by atoms with Gasteiger partial charge in [-0.1, -0.05) is 5.16 Å². The van der Waals surface area contributed by atoms with Gasteiger partial charge in [0.15, 0.2) is 5.84 Å². The van der Waals surface area contributed by atoms with E-state index in [2.05, 4.69) is 5.16 Å². The molecule has 0 aromatic heterocycles. The molecule has 0 aliphatic rings. The standard InChI is InChI=1S/C10H14N2O2/c1-6-4-8(10(11)12-13)9(14-3)5-7(6)2/h4-5,13H,1-3H3,(H2,11,12). The monoisotopic (exact) mass is 194 g/mol. The van der Waals surface area contributed by atoms with Gasteiger partial charge in [0.2, 0.25) is 0 Å². The zero-order chi connectivity index (χ0) is 10.7. The molecule has 4 nitrogen and oxygen atoms in total. The van der Waals surface area contributed by atoms with Crippen LogP contribution in [0.2, 0.25) is 0 Å². The summed E-state index contributed by atoms with van der Waals surface area (Å²) in [6.07, 6.45) is 0. The first kappa shape index (κ1) is 10.4. The molecule has 0 aliphatic carbocycles. The number of ether oxygens (including phenoxy) is 1. The minimum absolute atomic E-state index is 0.0601. The number of aryl methyl sites for hydroxylation is 2. The second-order valence-corrected chi connectivity index (χ2v) is 3.12. The van der Waals surface area contributed by atoms with Crippen LogP contribution in [-0.2, 0) is 0 Å². The summed E-state index contributed by atoms with van der Waals surface area (Å²) in [6.45, 7) is 3.94. The van der Waals surface area contributed by atoms with Crippen molar-refractivity contribution in [1.82, 2.24) is 0 Å². The summed E-state index contributed by atoms with van der Waals surface area (Å²) in [5, 5.41) is 11.5. The van der Waals surface area contributed by atoms with E-state index >= 15 is 0 Å². The minimum atomic E-state index is 0.0601. The summed E-state index contributed by atoms with van der Waals surface area (Å²) >= 11 is 0. The van der Waals surface area contributed by atoms with Crippen LogP contribution in [0.25, 0.3) is 0 Å². The van der Waals surface area contributed by atoms with Gasteiger partial charge in [-0.25, -0.2) is 0 Å². The highest BCUT2D eigenvalue weighted by atomic mass is 16.5. The molecule has 0 amide bonds. The number of rotatable bonds is 2.